The Morgan fingerprint density at radius 2 is 2.09 bits per heavy atom. The van der Waals surface area contributed by atoms with Crippen LogP contribution in [-0.2, 0) is 6.42 Å². The summed E-state index contributed by atoms with van der Waals surface area (Å²) < 4.78 is 10.8. The second kappa shape index (κ2) is 7.11. The maximum Gasteiger partial charge on any atom is 0.412 e. The lowest BCUT2D eigenvalue weighted by Crippen LogP contribution is -2.28. The van der Waals surface area contributed by atoms with Gasteiger partial charge in [-0.15, -0.1) is 11.3 Å². The molecule has 6 heteroatoms. The van der Waals surface area contributed by atoms with Crippen molar-refractivity contribution in [3.8, 4) is 16.5 Å². The number of carbonyl (C=O) groups excluding carboxylic acids is 1. The molecule has 1 amide bonds. The molecule has 5 nitrogen and oxygen atoms in total. The number of rotatable bonds is 5. The number of thiophene rings is 1. The molecule has 2 heterocycles. The molecule has 0 fully saturated rings. The van der Waals surface area contributed by atoms with E-state index in [2.05, 4.69) is 10.3 Å². The zero-order valence-corrected chi connectivity index (χ0v) is 13.4. The molecule has 0 radical (unpaired) electrons. The molecule has 0 saturated carbocycles. The second-order valence-corrected chi connectivity index (χ2v) is 5.83. The van der Waals surface area contributed by atoms with E-state index in [0.29, 0.717) is 24.6 Å². The van der Waals surface area contributed by atoms with Crippen molar-refractivity contribution >= 4 is 17.4 Å². The fourth-order valence-electron chi connectivity index (χ4n) is 2.08. The van der Waals surface area contributed by atoms with Crippen LogP contribution in [0.5, 0.6) is 5.75 Å². The van der Waals surface area contributed by atoms with Crippen LogP contribution in [0, 0.1) is 6.92 Å². The van der Waals surface area contributed by atoms with Gasteiger partial charge in [0.25, 0.3) is 0 Å². The molecule has 0 bridgehead atoms. The van der Waals surface area contributed by atoms with Gasteiger partial charge < -0.3 is 14.5 Å². The summed E-state index contributed by atoms with van der Waals surface area (Å²) in [7, 11) is 0. The van der Waals surface area contributed by atoms with Crippen LogP contribution in [0.3, 0.4) is 0 Å². The molecule has 2 aromatic heterocycles. The third kappa shape index (κ3) is 3.98. The molecule has 0 saturated heterocycles. The van der Waals surface area contributed by atoms with Gasteiger partial charge in [-0.3, -0.25) is 0 Å². The van der Waals surface area contributed by atoms with Crippen LogP contribution in [0.15, 0.2) is 52.3 Å². The highest BCUT2D eigenvalue weighted by atomic mass is 32.1. The van der Waals surface area contributed by atoms with Gasteiger partial charge >= 0.3 is 6.09 Å². The van der Waals surface area contributed by atoms with Crippen molar-refractivity contribution in [2.24, 2.45) is 0 Å². The number of nitrogens with zero attached hydrogens (tertiary/aromatic N) is 1. The molecule has 118 valence electrons. The first-order chi connectivity index (χ1) is 11.2. The van der Waals surface area contributed by atoms with E-state index in [1.54, 1.807) is 23.5 Å². The van der Waals surface area contributed by atoms with Gasteiger partial charge in [-0.25, -0.2) is 9.78 Å². The monoisotopic (exact) mass is 328 g/mol. The molecule has 0 spiro atoms. The summed E-state index contributed by atoms with van der Waals surface area (Å²) in [6.45, 7) is 2.31. The largest absolute Gasteiger partial charge is 0.440 e. The van der Waals surface area contributed by atoms with Crippen molar-refractivity contribution in [3.63, 3.8) is 0 Å². The first-order valence-electron chi connectivity index (χ1n) is 7.23. The zero-order chi connectivity index (χ0) is 16.1. The van der Waals surface area contributed by atoms with Crippen LogP contribution in [0.4, 0.5) is 4.79 Å². The number of ether oxygens (including phenoxy) is 1. The summed E-state index contributed by atoms with van der Waals surface area (Å²) in [6.07, 6.45) is 0.112. The van der Waals surface area contributed by atoms with Crippen molar-refractivity contribution < 1.29 is 13.9 Å². The number of aromatic nitrogens is 1. The third-order valence-corrected chi connectivity index (χ3v) is 4.07. The van der Waals surface area contributed by atoms with Crippen LogP contribution in [0.25, 0.3) is 10.8 Å². The Bertz CT molecular complexity index is 767. The molecule has 0 aliphatic rings. The Morgan fingerprint density at radius 1 is 1.26 bits per heavy atom. The van der Waals surface area contributed by atoms with Crippen LogP contribution < -0.4 is 10.1 Å². The van der Waals surface area contributed by atoms with Crippen LogP contribution in [-0.4, -0.2) is 17.6 Å². The quantitative estimate of drug-likeness (QED) is 0.767. The highest BCUT2D eigenvalue weighted by molar-refractivity contribution is 7.13. The summed E-state index contributed by atoms with van der Waals surface area (Å²) >= 11 is 1.58. The van der Waals surface area contributed by atoms with Crippen molar-refractivity contribution in [3.05, 3.63) is 59.3 Å². The minimum Gasteiger partial charge on any atom is -0.440 e. The van der Waals surface area contributed by atoms with Crippen LogP contribution in [0.2, 0.25) is 0 Å². The lowest BCUT2D eigenvalue weighted by Gasteiger charge is -2.05. The summed E-state index contributed by atoms with van der Waals surface area (Å²) in [6, 6.07) is 12.9. The Kier molecular flexibility index (Phi) is 4.73. The topological polar surface area (TPSA) is 64.4 Å². The number of nitrogens with one attached hydrogen (secondary N) is 1. The number of amides is 1. The van der Waals surface area contributed by atoms with E-state index in [9.17, 15) is 4.79 Å². The minimum atomic E-state index is -0.476. The van der Waals surface area contributed by atoms with E-state index in [-0.39, 0.29) is 0 Å². The van der Waals surface area contributed by atoms with Gasteiger partial charge in [-0.2, -0.15) is 0 Å². The SMILES string of the molecule is Cc1oc(-c2cccs2)nc1CCNC(=O)Oc1ccccc1. The molecule has 0 aliphatic heterocycles. The maximum absolute atomic E-state index is 11.7. The Labute approximate surface area is 137 Å². The summed E-state index contributed by atoms with van der Waals surface area (Å²) in [5.41, 5.74) is 0.841. The number of carbonyl (C=O) groups is 1. The molecule has 3 rings (SSSR count). The molecular formula is C17H16N2O3S. The smallest absolute Gasteiger partial charge is 0.412 e. The predicted molar refractivity (Wildman–Crippen MR) is 88.7 cm³/mol. The number of hydrogen-bond donors (Lipinski definition) is 1. The highest BCUT2D eigenvalue weighted by Gasteiger charge is 2.12. The van der Waals surface area contributed by atoms with Crippen LogP contribution in [0.1, 0.15) is 11.5 Å². The lowest BCUT2D eigenvalue weighted by molar-refractivity contribution is 0.200. The normalized spacial score (nSPS) is 10.5. The van der Waals surface area contributed by atoms with Gasteiger partial charge in [0.15, 0.2) is 0 Å². The van der Waals surface area contributed by atoms with Crippen molar-refractivity contribution in [2.45, 2.75) is 13.3 Å². The average molecular weight is 328 g/mol. The van der Waals surface area contributed by atoms with E-state index in [1.165, 1.54) is 0 Å². The second-order valence-electron chi connectivity index (χ2n) is 4.88. The highest BCUT2D eigenvalue weighted by Crippen LogP contribution is 2.25. The molecule has 1 aromatic carbocycles. The van der Waals surface area contributed by atoms with E-state index >= 15 is 0 Å². The standard InChI is InChI=1S/C17H16N2O3S/c1-12-14(19-16(21-12)15-8-5-11-23-15)9-10-18-17(20)22-13-6-3-2-4-7-13/h2-8,11H,9-10H2,1H3,(H,18,20). The fraction of sp³-hybridized carbons (Fsp3) is 0.176. The first-order valence-corrected chi connectivity index (χ1v) is 8.11. The van der Waals surface area contributed by atoms with E-state index in [1.807, 2.05) is 42.6 Å². The molecule has 0 unspecified atom stereocenters. The van der Waals surface area contributed by atoms with Gasteiger partial charge in [-0.05, 0) is 30.5 Å². The molecule has 0 atom stereocenters. The number of benzene rings is 1. The number of para-hydroxylation sites is 1. The fourth-order valence-corrected chi connectivity index (χ4v) is 2.73. The molecule has 23 heavy (non-hydrogen) atoms. The van der Waals surface area contributed by atoms with E-state index < -0.39 is 6.09 Å². The Morgan fingerprint density at radius 3 is 2.83 bits per heavy atom. The van der Waals surface area contributed by atoms with E-state index in [4.69, 9.17) is 9.15 Å². The van der Waals surface area contributed by atoms with Crippen molar-refractivity contribution in [1.82, 2.24) is 10.3 Å². The van der Waals surface area contributed by atoms with Gasteiger partial charge in [-0.1, -0.05) is 24.3 Å². The molecular weight excluding hydrogens is 312 g/mol. The van der Waals surface area contributed by atoms with Gasteiger partial charge in [0.05, 0.1) is 10.6 Å². The molecule has 3 aromatic rings. The number of oxazole rings is 1. The van der Waals surface area contributed by atoms with Crippen molar-refractivity contribution in [1.29, 1.82) is 0 Å². The summed E-state index contributed by atoms with van der Waals surface area (Å²) in [5.74, 6) is 1.91. The van der Waals surface area contributed by atoms with Gasteiger partial charge in [0, 0.05) is 13.0 Å². The summed E-state index contributed by atoms with van der Waals surface area (Å²) in [5, 5.41) is 4.69. The maximum atomic E-state index is 11.7. The Hall–Kier alpha value is -2.60. The zero-order valence-electron chi connectivity index (χ0n) is 12.6. The van der Waals surface area contributed by atoms with Crippen LogP contribution >= 0.6 is 11.3 Å². The summed E-state index contributed by atoms with van der Waals surface area (Å²) in [4.78, 5) is 17.2. The Balaban J connectivity index is 1.52. The van der Waals surface area contributed by atoms with E-state index in [0.717, 1.165) is 16.3 Å². The average Bonchev–Trinajstić information content (AvgIpc) is 3.18. The lowest BCUT2D eigenvalue weighted by atomic mass is 10.3. The predicted octanol–water partition coefficient (Wildman–Crippen LogP) is 4.04. The molecule has 0 aliphatic carbocycles. The third-order valence-electron chi connectivity index (χ3n) is 3.21. The minimum absolute atomic E-state index is 0.433. The molecule has 1 N–H and O–H groups in total. The van der Waals surface area contributed by atoms with Gasteiger partial charge in [0.1, 0.15) is 11.5 Å². The van der Waals surface area contributed by atoms with Crippen molar-refractivity contribution in [2.75, 3.05) is 6.54 Å². The number of aryl methyl sites for hydroxylation is 1. The number of hydrogen-bond acceptors (Lipinski definition) is 5. The first kappa shape index (κ1) is 15.3. The van der Waals surface area contributed by atoms with Gasteiger partial charge in [0.2, 0.25) is 5.89 Å².